The number of nitro groups is 1. The predicted molar refractivity (Wildman–Crippen MR) is 53.3 cm³/mol. The molecule has 0 spiro atoms. The number of hydrogen-bond acceptors (Lipinski definition) is 4. The standard InChI is InChI=1S/C7H2F2IN3O2/c8-6(9)4-1-3(2-11)5(13(14)15)7(10)12-4/h1,6H. The highest BCUT2D eigenvalue weighted by molar-refractivity contribution is 14.1. The molecule has 1 aromatic heterocycles. The van der Waals surface area contributed by atoms with E-state index in [0.717, 1.165) is 6.07 Å². The fourth-order valence-corrected chi connectivity index (χ4v) is 1.66. The van der Waals surface area contributed by atoms with Crippen molar-refractivity contribution in [1.29, 1.82) is 5.26 Å². The van der Waals surface area contributed by atoms with Gasteiger partial charge in [-0.15, -0.1) is 0 Å². The summed E-state index contributed by atoms with van der Waals surface area (Å²) in [4.78, 5) is 13.0. The van der Waals surface area contributed by atoms with Gasteiger partial charge in [0.15, 0.2) is 3.70 Å². The Hall–Kier alpha value is -1.37. The number of pyridine rings is 1. The molecule has 0 atom stereocenters. The van der Waals surface area contributed by atoms with Crippen LogP contribution in [0, 0.1) is 25.1 Å². The minimum Gasteiger partial charge on any atom is -0.258 e. The molecular weight excluding hydrogens is 323 g/mol. The zero-order chi connectivity index (χ0) is 11.6. The van der Waals surface area contributed by atoms with E-state index in [2.05, 4.69) is 4.98 Å². The zero-order valence-corrected chi connectivity index (χ0v) is 9.10. The Labute approximate surface area is 96.0 Å². The summed E-state index contributed by atoms with van der Waals surface area (Å²) in [6.45, 7) is 0. The molecule has 0 aliphatic carbocycles. The van der Waals surface area contributed by atoms with Crippen LogP contribution in [0.4, 0.5) is 14.5 Å². The molecule has 0 aliphatic rings. The maximum Gasteiger partial charge on any atom is 0.318 e. The van der Waals surface area contributed by atoms with Crippen LogP contribution in [0.5, 0.6) is 0 Å². The van der Waals surface area contributed by atoms with E-state index in [1.54, 1.807) is 0 Å². The first-order valence-electron chi connectivity index (χ1n) is 3.50. The average Bonchev–Trinajstić information content (AvgIpc) is 2.15. The van der Waals surface area contributed by atoms with Gasteiger partial charge in [-0.2, -0.15) is 5.26 Å². The maximum atomic E-state index is 12.3. The quantitative estimate of drug-likeness (QED) is 0.362. The van der Waals surface area contributed by atoms with Crippen molar-refractivity contribution in [1.82, 2.24) is 4.98 Å². The van der Waals surface area contributed by atoms with Gasteiger partial charge in [-0.05, 0) is 28.7 Å². The largest absolute Gasteiger partial charge is 0.318 e. The lowest BCUT2D eigenvalue weighted by Crippen LogP contribution is -2.02. The molecule has 0 bridgehead atoms. The lowest BCUT2D eigenvalue weighted by Gasteiger charge is -2.01. The van der Waals surface area contributed by atoms with Gasteiger partial charge < -0.3 is 0 Å². The predicted octanol–water partition coefficient (Wildman–Crippen LogP) is 2.40. The van der Waals surface area contributed by atoms with Gasteiger partial charge in [0.05, 0.1) is 4.92 Å². The van der Waals surface area contributed by atoms with E-state index in [1.807, 2.05) is 0 Å². The fraction of sp³-hybridized carbons (Fsp3) is 0.143. The summed E-state index contributed by atoms with van der Waals surface area (Å²) in [6, 6.07) is 2.22. The van der Waals surface area contributed by atoms with E-state index in [-0.39, 0.29) is 3.70 Å². The number of nitriles is 1. The van der Waals surface area contributed by atoms with Crippen LogP contribution >= 0.6 is 22.6 Å². The van der Waals surface area contributed by atoms with Gasteiger partial charge in [-0.1, -0.05) is 0 Å². The molecule has 1 rings (SSSR count). The second-order valence-corrected chi connectivity index (χ2v) is 3.43. The third-order valence-electron chi connectivity index (χ3n) is 1.50. The summed E-state index contributed by atoms with van der Waals surface area (Å²) in [5.41, 5.74) is -1.58. The summed E-state index contributed by atoms with van der Waals surface area (Å²) < 4.78 is 24.3. The fourth-order valence-electron chi connectivity index (χ4n) is 0.897. The van der Waals surface area contributed by atoms with Gasteiger partial charge >= 0.3 is 5.69 Å². The van der Waals surface area contributed by atoms with Crippen molar-refractivity contribution in [2.24, 2.45) is 0 Å². The van der Waals surface area contributed by atoms with Gasteiger partial charge in [0.25, 0.3) is 6.43 Å². The van der Waals surface area contributed by atoms with E-state index in [9.17, 15) is 18.9 Å². The molecule has 78 valence electrons. The SMILES string of the molecule is N#Cc1cc(C(F)F)nc(I)c1[N+](=O)[O-]. The summed E-state index contributed by atoms with van der Waals surface area (Å²) in [5, 5.41) is 19.1. The van der Waals surface area contributed by atoms with Gasteiger partial charge in [-0.3, -0.25) is 10.1 Å². The molecule has 8 heteroatoms. The molecule has 1 aromatic rings. The summed E-state index contributed by atoms with van der Waals surface area (Å²) in [6.07, 6.45) is -2.86. The molecule has 1 heterocycles. The third-order valence-corrected chi connectivity index (χ3v) is 2.25. The van der Waals surface area contributed by atoms with Crippen molar-refractivity contribution in [3.63, 3.8) is 0 Å². The van der Waals surface area contributed by atoms with Crippen LogP contribution in [0.1, 0.15) is 17.7 Å². The minimum atomic E-state index is -2.86. The number of halogens is 3. The summed E-state index contributed by atoms with van der Waals surface area (Å²) >= 11 is 1.45. The molecular formula is C7H2F2IN3O2. The molecule has 0 unspecified atom stereocenters. The van der Waals surface area contributed by atoms with Crippen LogP contribution in [0.3, 0.4) is 0 Å². The first kappa shape index (κ1) is 11.7. The molecule has 0 aromatic carbocycles. The molecule has 0 saturated carbocycles. The lowest BCUT2D eigenvalue weighted by atomic mass is 10.2. The Bertz CT molecular complexity index is 458. The van der Waals surface area contributed by atoms with Crippen molar-refractivity contribution in [2.75, 3.05) is 0 Å². The van der Waals surface area contributed by atoms with Crippen LogP contribution in [-0.4, -0.2) is 9.91 Å². The van der Waals surface area contributed by atoms with E-state index in [1.165, 1.54) is 28.7 Å². The summed E-state index contributed by atoms with van der Waals surface area (Å²) in [5.74, 6) is 0. The summed E-state index contributed by atoms with van der Waals surface area (Å²) in [7, 11) is 0. The highest BCUT2D eigenvalue weighted by Crippen LogP contribution is 2.27. The van der Waals surface area contributed by atoms with Gasteiger partial charge in [-0.25, -0.2) is 13.8 Å². The topological polar surface area (TPSA) is 79.8 Å². The molecule has 15 heavy (non-hydrogen) atoms. The second kappa shape index (κ2) is 4.43. The minimum absolute atomic E-state index is 0.216. The maximum absolute atomic E-state index is 12.3. The average molecular weight is 325 g/mol. The second-order valence-electron chi connectivity index (χ2n) is 2.40. The highest BCUT2D eigenvalue weighted by Gasteiger charge is 2.23. The van der Waals surface area contributed by atoms with Crippen LogP contribution in [0.25, 0.3) is 0 Å². The number of nitrogens with zero attached hydrogens (tertiary/aromatic N) is 3. The Kier molecular flexibility index (Phi) is 3.46. The van der Waals surface area contributed by atoms with E-state index in [4.69, 9.17) is 5.26 Å². The number of rotatable bonds is 2. The van der Waals surface area contributed by atoms with Gasteiger partial charge in [0.2, 0.25) is 0 Å². The first-order chi connectivity index (χ1) is 6.97. The highest BCUT2D eigenvalue weighted by atomic mass is 127. The van der Waals surface area contributed by atoms with E-state index >= 15 is 0 Å². The Morgan fingerprint density at radius 2 is 2.27 bits per heavy atom. The third kappa shape index (κ3) is 2.35. The van der Waals surface area contributed by atoms with Crippen molar-refractivity contribution >= 4 is 28.3 Å². The smallest absolute Gasteiger partial charge is 0.258 e. The Morgan fingerprint density at radius 1 is 1.67 bits per heavy atom. The van der Waals surface area contributed by atoms with Crippen molar-refractivity contribution < 1.29 is 13.7 Å². The Balaban J connectivity index is 3.46. The zero-order valence-electron chi connectivity index (χ0n) is 6.95. The lowest BCUT2D eigenvalue weighted by molar-refractivity contribution is -0.386. The van der Waals surface area contributed by atoms with Crippen LogP contribution in [-0.2, 0) is 0 Å². The number of alkyl halides is 2. The van der Waals surface area contributed by atoms with Gasteiger partial charge in [0, 0.05) is 0 Å². The number of aromatic nitrogens is 1. The molecule has 5 nitrogen and oxygen atoms in total. The number of hydrogen-bond donors (Lipinski definition) is 0. The van der Waals surface area contributed by atoms with E-state index in [0.29, 0.717) is 0 Å². The van der Waals surface area contributed by atoms with Crippen molar-refractivity contribution in [3.05, 3.63) is 31.1 Å². The van der Waals surface area contributed by atoms with Crippen LogP contribution < -0.4 is 0 Å². The molecule has 0 aliphatic heterocycles. The molecule has 0 amide bonds. The normalized spacial score (nSPS) is 10.1. The molecule has 0 saturated heterocycles. The van der Waals surface area contributed by atoms with Crippen LogP contribution in [0.15, 0.2) is 6.07 Å². The first-order valence-corrected chi connectivity index (χ1v) is 4.58. The van der Waals surface area contributed by atoms with E-state index < -0.39 is 28.3 Å². The van der Waals surface area contributed by atoms with Crippen molar-refractivity contribution in [2.45, 2.75) is 6.43 Å². The van der Waals surface area contributed by atoms with Gasteiger partial charge in [0.1, 0.15) is 17.3 Å². The Morgan fingerprint density at radius 3 is 2.67 bits per heavy atom. The van der Waals surface area contributed by atoms with Crippen LogP contribution in [0.2, 0.25) is 0 Å². The molecule has 0 radical (unpaired) electrons. The molecule has 0 N–H and O–H groups in total. The monoisotopic (exact) mass is 325 g/mol. The van der Waals surface area contributed by atoms with Crippen molar-refractivity contribution in [3.8, 4) is 6.07 Å². The molecule has 0 fully saturated rings.